The number of nitriles is 1. The Morgan fingerprint density at radius 1 is 1.33 bits per heavy atom. The Labute approximate surface area is 155 Å². The normalized spacial score (nSPS) is 13.0. The van der Waals surface area contributed by atoms with E-state index in [0.717, 1.165) is 17.1 Å². The molecule has 0 bridgehead atoms. The summed E-state index contributed by atoms with van der Waals surface area (Å²) < 4.78 is 15.4. The number of benzene rings is 1. The maximum atomic E-state index is 13.7. The molecule has 6 nitrogen and oxygen atoms in total. The zero-order valence-corrected chi connectivity index (χ0v) is 14.7. The number of aryl methyl sites for hydroxylation is 1. The van der Waals surface area contributed by atoms with Crippen LogP contribution < -0.4 is 5.32 Å². The summed E-state index contributed by atoms with van der Waals surface area (Å²) in [6.45, 7) is 2.40. The molecule has 2 aromatic heterocycles. The third kappa shape index (κ3) is 3.17. The fourth-order valence-electron chi connectivity index (χ4n) is 3.42. The lowest BCUT2D eigenvalue weighted by Crippen LogP contribution is -2.32. The number of pyridine rings is 1. The Morgan fingerprint density at radius 3 is 3.00 bits per heavy atom. The van der Waals surface area contributed by atoms with Crippen molar-refractivity contribution >= 4 is 5.91 Å². The van der Waals surface area contributed by atoms with Crippen LogP contribution in [0, 0.1) is 24.1 Å². The van der Waals surface area contributed by atoms with Gasteiger partial charge in [-0.1, -0.05) is 0 Å². The molecular formula is C20H16FN5O. The van der Waals surface area contributed by atoms with Crippen LogP contribution in [0.15, 0.2) is 36.5 Å². The lowest BCUT2D eigenvalue weighted by molar-refractivity contribution is 0.0945. The number of carbonyl (C=O) groups is 1. The van der Waals surface area contributed by atoms with Gasteiger partial charge in [0.1, 0.15) is 5.82 Å². The molecule has 0 spiro atoms. The summed E-state index contributed by atoms with van der Waals surface area (Å²) in [6.07, 6.45) is 2.76. The molecule has 0 saturated carbocycles. The average Bonchev–Trinajstić information content (AvgIpc) is 2.99. The van der Waals surface area contributed by atoms with Gasteiger partial charge in [-0.15, -0.1) is 0 Å². The largest absolute Gasteiger partial charge is 0.352 e. The first-order chi connectivity index (χ1) is 13.0. The van der Waals surface area contributed by atoms with Crippen molar-refractivity contribution in [1.82, 2.24) is 20.1 Å². The van der Waals surface area contributed by atoms with E-state index < -0.39 is 5.82 Å². The first kappa shape index (κ1) is 16.9. The molecule has 27 heavy (non-hydrogen) atoms. The van der Waals surface area contributed by atoms with Crippen LogP contribution >= 0.6 is 0 Å². The second-order valence-corrected chi connectivity index (χ2v) is 6.47. The van der Waals surface area contributed by atoms with Crippen LogP contribution in [0.2, 0.25) is 0 Å². The maximum absolute atomic E-state index is 13.7. The minimum absolute atomic E-state index is 0.0990. The first-order valence-electron chi connectivity index (χ1n) is 8.56. The van der Waals surface area contributed by atoms with Crippen molar-refractivity contribution in [2.24, 2.45) is 0 Å². The lowest BCUT2D eigenvalue weighted by Gasteiger charge is -2.15. The molecule has 134 valence electrons. The Bertz CT molecular complexity index is 1100. The van der Waals surface area contributed by atoms with Gasteiger partial charge < -0.3 is 5.32 Å². The van der Waals surface area contributed by atoms with Gasteiger partial charge in [-0.05, 0) is 42.8 Å². The van der Waals surface area contributed by atoms with Crippen molar-refractivity contribution in [1.29, 1.82) is 5.26 Å². The van der Waals surface area contributed by atoms with Gasteiger partial charge in [-0.2, -0.15) is 10.4 Å². The number of nitrogens with one attached hydrogen (secondary N) is 1. The highest BCUT2D eigenvalue weighted by atomic mass is 19.1. The quantitative estimate of drug-likeness (QED) is 0.777. The van der Waals surface area contributed by atoms with E-state index in [1.165, 1.54) is 12.1 Å². The fourth-order valence-corrected chi connectivity index (χ4v) is 3.42. The molecular weight excluding hydrogens is 345 g/mol. The molecule has 1 N–H and O–H groups in total. The molecule has 0 aliphatic carbocycles. The van der Waals surface area contributed by atoms with E-state index in [2.05, 4.69) is 15.4 Å². The smallest absolute Gasteiger partial charge is 0.255 e. The zero-order chi connectivity index (χ0) is 19.0. The molecule has 1 aliphatic rings. The number of aromatic nitrogens is 3. The first-order valence-corrected chi connectivity index (χ1v) is 8.56. The number of hydrogen-bond donors (Lipinski definition) is 1. The molecule has 0 radical (unpaired) electrons. The van der Waals surface area contributed by atoms with E-state index in [1.807, 2.05) is 25.1 Å². The van der Waals surface area contributed by atoms with E-state index in [-0.39, 0.29) is 11.5 Å². The number of amides is 1. The predicted molar refractivity (Wildman–Crippen MR) is 96.1 cm³/mol. The molecule has 7 heteroatoms. The number of halogens is 1. The van der Waals surface area contributed by atoms with Gasteiger partial charge in [-0.3, -0.25) is 9.78 Å². The van der Waals surface area contributed by atoms with E-state index in [0.29, 0.717) is 36.2 Å². The van der Waals surface area contributed by atoms with E-state index in [9.17, 15) is 9.18 Å². The van der Waals surface area contributed by atoms with Gasteiger partial charge in [0.2, 0.25) is 0 Å². The highest BCUT2D eigenvalue weighted by Crippen LogP contribution is 2.22. The summed E-state index contributed by atoms with van der Waals surface area (Å²) in [5.74, 6) is -0.541. The second-order valence-electron chi connectivity index (χ2n) is 6.47. The Balaban J connectivity index is 1.70. The van der Waals surface area contributed by atoms with Gasteiger partial charge in [0.15, 0.2) is 0 Å². The summed E-state index contributed by atoms with van der Waals surface area (Å²) in [4.78, 5) is 16.5. The van der Waals surface area contributed by atoms with Crippen molar-refractivity contribution in [3.8, 4) is 11.8 Å². The molecule has 1 aliphatic heterocycles. The molecule has 0 saturated heterocycles. The van der Waals surface area contributed by atoms with Crippen molar-refractivity contribution in [3.63, 3.8) is 0 Å². The van der Waals surface area contributed by atoms with E-state index in [4.69, 9.17) is 5.26 Å². The number of rotatable bonds is 3. The van der Waals surface area contributed by atoms with Crippen LogP contribution in [-0.4, -0.2) is 27.2 Å². The number of carbonyl (C=O) groups excluding carboxylic acids is 1. The van der Waals surface area contributed by atoms with Crippen molar-refractivity contribution in [2.45, 2.75) is 19.8 Å². The Hall–Kier alpha value is -3.53. The van der Waals surface area contributed by atoms with Crippen LogP contribution in [0.4, 0.5) is 4.39 Å². The fraction of sp³-hybridized carbons (Fsp3) is 0.200. The molecule has 4 rings (SSSR count). The van der Waals surface area contributed by atoms with Crippen LogP contribution in [0.3, 0.4) is 0 Å². The van der Waals surface area contributed by atoms with Crippen molar-refractivity contribution < 1.29 is 9.18 Å². The number of hydrogen-bond acceptors (Lipinski definition) is 4. The van der Waals surface area contributed by atoms with E-state index in [1.54, 1.807) is 16.9 Å². The zero-order valence-electron chi connectivity index (χ0n) is 14.7. The highest BCUT2D eigenvalue weighted by molar-refractivity contribution is 5.97. The molecule has 3 aromatic rings. The number of nitrogens with zero attached hydrogens (tertiary/aromatic N) is 4. The SMILES string of the molecule is Cc1nn(-c2ccnc(Cc3cc(F)cc(C#N)c3)c2)c2c1C(=O)NCC2. The monoisotopic (exact) mass is 361 g/mol. The van der Waals surface area contributed by atoms with Gasteiger partial charge in [0.25, 0.3) is 5.91 Å². The predicted octanol–water partition coefficient (Wildman–Crippen LogP) is 2.46. The summed E-state index contributed by atoms with van der Waals surface area (Å²) in [5.41, 5.74) is 4.68. The molecule has 3 heterocycles. The van der Waals surface area contributed by atoms with Gasteiger partial charge in [0.05, 0.1) is 34.3 Å². The van der Waals surface area contributed by atoms with Crippen LogP contribution in [-0.2, 0) is 12.8 Å². The molecule has 1 aromatic carbocycles. The average molecular weight is 361 g/mol. The van der Waals surface area contributed by atoms with Gasteiger partial charge in [-0.25, -0.2) is 9.07 Å². The molecule has 0 atom stereocenters. The lowest BCUT2D eigenvalue weighted by atomic mass is 10.1. The summed E-state index contributed by atoms with van der Waals surface area (Å²) in [6, 6.07) is 9.92. The molecule has 0 unspecified atom stereocenters. The topological polar surface area (TPSA) is 83.6 Å². The minimum atomic E-state index is -0.442. The maximum Gasteiger partial charge on any atom is 0.255 e. The summed E-state index contributed by atoms with van der Waals surface area (Å²) in [5, 5.41) is 16.4. The van der Waals surface area contributed by atoms with Gasteiger partial charge in [0, 0.05) is 31.3 Å². The van der Waals surface area contributed by atoms with Crippen LogP contribution in [0.25, 0.3) is 5.69 Å². The minimum Gasteiger partial charge on any atom is -0.352 e. The highest BCUT2D eigenvalue weighted by Gasteiger charge is 2.25. The Kier molecular flexibility index (Phi) is 4.16. The molecule has 1 amide bonds. The third-order valence-corrected chi connectivity index (χ3v) is 4.55. The van der Waals surface area contributed by atoms with E-state index >= 15 is 0 Å². The Morgan fingerprint density at radius 2 is 2.19 bits per heavy atom. The standard InChI is InChI=1S/C20H16FN5O/c1-12-19-18(3-5-24-20(19)27)26(25-12)17-2-4-23-16(10-17)9-13-6-14(11-22)8-15(21)7-13/h2,4,6-8,10H,3,5,9H2,1H3,(H,24,27). The summed E-state index contributed by atoms with van der Waals surface area (Å²) >= 11 is 0. The van der Waals surface area contributed by atoms with Crippen molar-refractivity contribution in [3.05, 3.63) is 76.1 Å². The van der Waals surface area contributed by atoms with Crippen LogP contribution in [0.1, 0.15) is 38.6 Å². The van der Waals surface area contributed by atoms with Crippen molar-refractivity contribution in [2.75, 3.05) is 6.54 Å². The third-order valence-electron chi connectivity index (χ3n) is 4.55. The second kappa shape index (κ2) is 6.65. The number of fused-ring (bicyclic) bond motifs is 1. The summed E-state index contributed by atoms with van der Waals surface area (Å²) in [7, 11) is 0. The molecule has 0 fully saturated rings. The van der Waals surface area contributed by atoms with Crippen LogP contribution in [0.5, 0.6) is 0 Å². The van der Waals surface area contributed by atoms with Gasteiger partial charge >= 0.3 is 0 Å².